The van der Waals surface area contributed by atoms with Crippen molar-refractivity contribution in [1.29, 1.82) is 0 Å². The van der Waals surface area contributed by atoms with Gasteiger partial charge in [-0.25, -0.2) is 4.98 Å². The fourth-order valence-electron chi connectivity index (χ4n) is 3.06. The lowest BCUT2D eigenvalue weighted by atomic mass is 10.1. The van der Waals surface area contributed by atoms with Crippen molar-refractivity contribution in [3.63, 3.8) is 0 Å². The van der Waals surface area contributed by atoms with Gasteiger partial charge in [-0.05, 0) is 18.1 Å². The van der Waals surface area contributed by atoms with E-state index < -0.39 is 0 Å². The van der Waals surface area contributed by atoms with Gasteiger partial charge in [-0.15, -0.1) is 24.0 Å². The first kappa shape index (κ1) is 22.6. The summed E-state index contributed by atoms with van der Waals surface area (Å²) in [6.45, 7) is 8.47. The van der Waals surface area contributed by atoms with Gasteiger partial charge in [0.15, 0.2) is 5.96 Å². The molecule has 28 heavy (non-hydrogen) atoms. The highest BCUT2D eigenvalue weighted by Crippen LogP contribution is 2.17. The molecule has 0 saturated carbocycles. The smallest absolute Gasteiger partial charge is 0.226 e. The number of rotatable bonds is 7. The number of guanidine groups is 1. The molecule has 3 rings (SSSR count). The number of ether oxygens (including phenoxy) is 1. The standard InChI is InChI=1S/C20H29N5O2.HI/c1-16(14-25-8-10-26-11-9-25)12-22-20(21-2)23-13-18-15-27-19(24-18)17-6-4-3-5-7-17;/h3-7,15-16H,8-14H2,1-2H3,(H2,21,22,23);1H. The van der Waals surface area contributed by atoms with Gasteiger partial charge in [0.2, 0.25) is 5.89 Å². The quantitative estimate of drug-likeness (QED) is 0.347. The summed E-state index contributed by atoms with van der Waals surface area (Å²) in [4.78, 5) is 11.3. The van der Waals surface area contributed by atoms with Gasteiger partial charge in [-0.2, -0.15) is 0 Å². The zero-order valence-electron chi connectivity index (χ0n) is 16.6. The molecular formula is C20H30IN5O2. The minimum absolute atomic E-state index is 0. The molecule has 154 valence electrons. The molecule has 1 saturated heterocycles. The molecule has 0 spiro atoms. The van der Waals surface area contributed by atoms with Crippen molar-refractivity contribution in [3.8, 4) is 11.5 Å². The summed E-state index contributed by atoms with van der Waals surface area (Å²) in [5.41, 5.74) is 1.82. The summed E-state index contributed by atoms with van der Waals surface area (Å²) in [6.07, 6.45) is 1.68. The predicted octanol–water partition coefficient (Wildman–Crippen LogP) is 2.59. The van der Waals surface area contributed by atoms with E-state index in [1.54, 1.807) is 13.3 Å². The highest BCUT2D eigenvalue weighted by molar-refractivity contribution is 14.0. The minimum Gasteiger partial charge on any atom is -0.444 e. The van der Waals surface area contributed by atoms with E-state index in [9.17, 15) is 0 Å². The highest BCUT2D eigenvalue weighted by atomic mass is 127. The number of nitrogens with zero attached hydrogens (tertiary/aromatic N) is 3. The molecule has 1 aliphatic rings. The molecule has 0 amide bonds. The molecule has 0 bridgehead atoms. The van der Waals surface area contributed by atoms with Crippen molar-refractivity contribution in [2.75, 3.05) is 46.4 Å². The third-order valence-electron chi connectivity index (χ3n) is 4.52. The van der Waals surface area contributed by atoms with Crippen LogP contribution < -0.4 is 10.6 Å². The average molecular weight is 499 g/mol. The van der Waals surface area contributed by atoms with E-state index in [0.29, 0.717) is 18.4 Å². The van der Waals surface area contributed by atoms with Gasteiger partial charge >= 0.3 is 0 Å². The minimum atomic E-state index is 0. The van der Waals surface area contributed by atoms with Crippen LogP contribution in [0.2, 0.25) is 0 Å². The van der Waals surface area contributed by atoms with Gasteiger partial charge in [0.05, 0.1) is 25.5 Å². The summed E-state index contributed by atoms with van der Waals surface area (Å²) in [5, 5.41) is 6.68. The normalized spacial score (nSPS) is 16.3. The Hall–Kier alpha value is -1.65. The predicted molar refractivity (Wildman–Crippen MR) is 122 cm³/mol. The lowest BCUT2D eigenvalue weighted by Gasteiger charge is -2.29. The number of halogens is 1. The van der Waals surface area contributed by atoms with E-state index >= 15 is 0 Å². The van der Waals surface area contributed by atoms with E-state index in [2.05, 4.69) is 32.4 Å². The number of oxazole rings is 1. The molecule has 8 heteroatoms. The second-order valence-corrected chi connectivity index (χ2v) is 6.83. The maximum absolute atomic E-state index is 5.57. The summed E-state index contributed by atoms with van der Waals surface area (Å²) >= 11 is 0. The van der Waals surface area contributed by atoms with Crippen molar-refractivity contribution < 1.29 is 9.15 Å². The Morgan fingerprint density at radius 1 is 1.21 bits per heavy atom. The molecule has 2 N–H and O–H groups in total. The first-order valence-corrected chi connectivity index (χ1v) is 9.49. The molecule has 1 aromatic carbocycles. The first-order chi connectivity index (χ1) is 13.2. The van der Waals surface area contributed by atoms with Gasteiger partial charge in [0, 0.05) is 38.8 Å². The zero-order valence-corrected chi connectivity index (χ0v) is 18.9. The number of hydrogen-bond donors (Lipinski definition) is 2. The fourth-order valence-corrected chi connectivity index (χ4v) is 3.06. The lowest BCUT2D eigenvalue weighted by molar-refractivity contribution is 0.0320. The van der Waals surface area contributed by atoms with Crippen LogP contribution in [0.3, 0.4) is 0 Å². The molecule has 0 aliphatic carbocycles. The molecular weight excluding hydrogens is 469 g/mol. The SMILES string of the molecule is CN=C(NCc1coc(-c2ccccc2)n1)NCC(C)CN1CCOCC1.I. The number of aliphatic imine (C=N–C) groups is 1. The van der Waals surface area contributed by atoms with Crippen LogP contribution in [0.25, 0.3) is 11.5 Å². The third-order valence-corrected chi connectivity index (χ3v) is 4.52. The number of hydrogen-bond acceptors (Lipinski definition) is 5. The van der Waals surface area contributed by atoms with Crippen molar-refractivity contribution in [3.05, 3.63) is 42.3 Å². The van der Waals surface area contributed by atoms with Crippen LogP contribution in [0.4, 0.5) is 0 Å². The summed E-state index contributed by atoms with van der Waals surface area (Å²) in [6, 6.07) is 9.89. The monoisotopic (exact) mass is 499 g/mol. The maximum atomic E-state index is 5.57. The van der Waals surface area contributed by atoms with Crippen LogP contribution in [-0.2, 0) is 11.3 Å². The van der Waals surface area contributed by atoms with Crippen LogP contribution >= 0.6 is 24.0 Å². The van der Waals surface area contributed by atoms with Crippen molar-refractivity contribution in [1.82, 2.24) is 20.5 Å². The zero-order chi connectivity index (χ0) is 18.9. The summed E-state index contributed by atoms with van der Waals surface area (Å²) in [5.74, 6) is 1.93. The topological polar surface area (TPSA) is 74.9 Å². The molecule has 0 radical (unpaired) electrons. The lowest BCUT2D eigenvalue weighted by Crippen LogP contribution is -2.43. The average Bonchev–Trinajstić information content (AvgIpc) is 3.19. The number of nitrogens with one attached hydrogen (secondary N) is 2. The number of morpholine rings is 1. The van der Waals surface area contributed by atoms with Crippen LogP contribution in [0.15, 0.2) is 46.0 Å². The fraction of sp³-hybridized carbons (Fsp3) is 0.500. The summed E-state index contributed by atoms with van der Waals surface area (Å²) in [7, 11) is 1.78. The van der Waals surface area contributed by atoms with E-state index in [0.717, 1.165) is 56.6 Å². The maximum Gasteiger partial charge on any atom is 0.226 e. The Morgan fingerprint density at radius 3 is 2.68 bits per heavy atom. The van der Waals surface area contributed by atoms with Crippen molar-refractivity contribution in [2.45, 2.75) is 13.5 Å². The van der Waals surface area contributed by atoms with Gasteiger partial charge in [0.1, 0.15) is 6.26 Å². The van der Waals surface area contributed by atoms with E-state index in [-0.39, 0.29) is 24.0 Å². The van der Waals surface area contributed by atoms with Gasteiger partial charge in [-0.3, -0.25) is 9.89 Å². The largest absolute Gasteiger partial charge is 0.444 e. The summed E-state index contributed by atoms with van der Waals surface area (Å²) < 4.78 is 11.0. The first-order valence-electron chi connectivity index (χ1n) is 9.49. The highest BCUT2D eigenvalue weighted by Gasteiger charge is 2.14. The van der Waals surface area contributed by atoms with Crippen molar-refractivity contribution >= 4 is 29.9 Å². The Morgan fingerprint density at radius 2 is 1.96 bits per heavy atom. The second-order valence-electron chi connectivity index (χ2n) is 6.83. The van der Waals surface area contributed by atoms with Crippen LogP contribution in [0.1, 0.15) is 12.6 Å². The Bertz CT molecular complexity index is 716. The molecule has 1 aromatic heterocycles. The molecule has 1 aliphatic heterocycles. The molecule has 1 unspecified atom stereocenters. The van der Waals surface area contributed by atoms with E-state index in [1.165, 1.54) is 0 Å². The van der Waals surface area contributed by atoms with Gasteiger partial charge in [-0.1, -0.05) is 25.1 Å². The van der Waals surface area contributed by atoms with Gasteiger partial charge in [0.25, 0.3) is 0 Å². The molecule has 2 heterocycles. The van der Waals surface area contributed by atoms with Crippen LogP contribution in [0, 0.1) is 5.92 Å². The molecule has 2 aromatic rings. The van der Waals surface area contributed by atoms with E-state index in [4.69, 9.17) is 9.15 Å². The Balaban J connectivity index is 0.00000280. The van der Waals surface area contributed by atoms with Gasteiger partial charge < -0.3 is 19.8 Å². The number of benzene rings is 1. The van der Waals surface area contributed by atoms with Crippen LogP contribution in [0.5, 0.6) is 0 Å². The van der Waals surface area contributed by atoms with Crippen molar-refractivity contribution in [2.24, 2.45) is 10.9 Å². The molecule has 7 nitrogen and oxygen atoms in total. The second kappa shape index (κ2) is 12.0. The van der Waals surface area contributed by atoms with Crippen LogP contribution in [-0.4, -0.2) is 62.3 Å². The third kappa shape index (κ3) is 7.06. The Labute approximate surface area is 184 Å². The molecule has 1 atom stereocenters. The number of aromatic nitrogens is 1. The van der Waals surface area contributed by atoms with E-state index in [1.807, 2.05) is 30.3 Å². The Kier molecular flexibility index (Phi) is 9.72. The molecule has 1 fully saturated rings.